The van der Waals surface area contributed by atoms with Crippen molar-refractivity contribution in [2.75, 3.05) is 0 Å². The maximum atomic E-state index is 13.2. The van der Waals surface area contributed by atoms with Gasteiger partial charge in [-0.25, -0.2) is 9.37 Å². The summed E-state index contributed by atoms with van der Waals surface area (Å²) in [6, 6.07) is 7.42. The molecular weight excluding hydrogens is 239 g/mol. The zero-order valence-electron chi connectivity index (χ0n) is 11.2. The molecule has 0 saturated heterocycles. The third-order valence-electron chi connectivity index (χ3n) is 3.53. The Bertz CT molecular complexity index is 772. The predicted molar refractivity (Wildman–Crippen MR) is 74.8 cm³/mol. The summed E-state index contributed by atoms with van der Waals surface area (Å²) in [7, 11) is 0. The molecule has 0 N–H and O–H groups in total. The number of rotatable bonds is 1. The van der Waals surface area contributed by atoms with Crippen molar-refractivity contribution in [3.63, 3.8) is 0 Å². The van der Waals surface area contributed by atoms with E-state index in [-0.39, 0.29) is 5.82 Å². The van der Waals surface area contributed by atoms with Gasteiger partial charge in [-0.2, -0.15) is 0 Å². The number of hydrogen-bond acceptors (Lipinski definition) is 1. The van der Waals surface area contributed by atoms with Crippen LogP contribution in [-0.4, -0.2) is 9.38 Å². The lowest BCUT2D eigenvalue weighted by Crippen LogP contribution is -1.88. The van der Waals surface area contributed by atoms with Crippen molar-refractivity contribution in [1.82, 2.24) is 9.38 Å². The van der Waals surface area contributed by atoms with Gasteiger partial charge in [0, 0.05) is 18.0 Å². The van der Waals surface area contributed by atoms with Gasteiger partial charge >= 0.3 is 0 Å². The monoisotopic (exact) mass is 254 g/mol. The van der Waals surface area contributed by atoms with Crippen LogP contribution in [0.2, 0.25) is 0 Å². The van der Waals surface area contributed by atoms with Gasteiger partial charge < -0.3 is 4.40 Å². The molecule has 19 heavy (non-hydrogen) atoms. The normalized spacial score (nSPS) is 11.2. The molecule has 0 fully saturated rings. The molecule has 3 aromatic rings. The van der Waals surface area contributed by atoms with E-state index < -0.39 is 0 Å². The van der Waals surface area contributed by atoms with Gasteiger partial charge in [-0.05, 0) is 55.7 Å². The van der Waals surface area contributed by atoms with Gasteiger partial charge in [0.25, 0.3) is 0 Å². The maximum absolute atomic E-state index is 13.2. The standard InChI is InChI=1S/C16H15FN2/c1-10-6-12(3)14(7-11(10)2)15-9-19-8-13(17)4-5-16(19)18-15/h4-9H,1-3H3. The SMILES string of the molecule is Cc1cc(C)c(-c2cn3cc(F)ccc3n2)cc1C. The molecule has 96 valence electrons. The number of halogens is 1. The molecule has 1 aromatic carbocycles. The van der Waals surface area contributed by atoms with Crippen molar-refractivity contribution in [3.05, 3.63) is 59.2 Å². The zero-order chi connectivity index (χ0) is 13.6. The van der Waals surface area contributed by atoms with Crippen LogP contribution in [0.5, 0.6) is 0 Å². The highest BCUT2D eigenvalue weighted by Gasteiger charge is 2.09. The summed E-state index contributed by atoms with van der Waals surface area (Å²) in [4.78, 5) is 4.55. The molecule has 2 heterocycles. The molecule has 2 nitrogen and oxygen atoms in total. The molecule has 0 amide bonds. The second-order valence-corrected chi connectivity index (χ2v) is 4.99. The molecule has 2 aromatic heterocycles. The maximum Gasteiger partial charge on any atom is 0.139 e. The van der Waals surface area contributed by atoms with Gasteiger partial charge in [0.2, 0.25) is 0 Å². The van der Waals surface area contributed by atoms with Gasteiger partial charge in [0.1, 0.15) is 11.5 Å². The highest BCUT2D eigenvalue weighted by atomic mass is 19.1. The fraction of sp³-hybridized carbons (Fsp3) is 0.188. The van der Waals surface area contributed by atoms with E-state index >= 15 is 0 Å². The Hall–Kier alpha value is -2.16. The summed E-state index contributed by atoms with van der Waals surface area (Å²) in [5.74, 6) is -0.256. The van der Waals surface area contributed by atoms with Crippen LogP contribution in [0.1, 0.15) is 16.7 Å². The average Bonchev–Trinajstić information content (AvgIpc) is 2.76. The number of pyridine rings is 1. The first-order valence-corrected chi connectivity index (χ1v) is 6.27. The molecule has 0 aliphatic heterocycles. The smallest absolute Gasteiger partial charge is 0.139 e. The summed E-state index contributed by atoms with van der Waals surface area (Å²) >= 11 is 0. The van der Waals surface area contributed by atoms with Crippen LogP contribution >= 0.6 is 0 Å². The fourth-order valence-electron chi connectivity index (χ4n) is 2.33. The summed E-state index contributed by atoms with van der Waals surface area (Å²) in [5.41, 5.74) is 6.44. The number of aryl methyl sites for hydroxylation is 3. The first-order chi connectivity index (χ1) is 9.04. The Morgan fingerprint density at radius 3 is 2.47 bits per heavy atom. The zero-order valence-corrected chi connectivity index (χ0v) is 11.2. The molecule has 0 radical (unpaired) electrons. The van der Waals surface area contributed by atoms with Crippen LogP contribution < -0.4 is 0 Å². The molecule has 0 aliphatic rings. The Kier molecular flexibility index (Phi) is 2.63. The third-order valence-corrected chi connectivity index (χ3v) is 3.53. The topological polar surface area (TPSA) is 17.3 Å². The van der Waals surface area contributed by atoms with E-state index in [2.05, 4.69) is 37.9 Å². The lowest BCUT2D eigenvalue weighted by atomic mass is 9.99. The third kappa shape index (κ3) is 2.01. The van der Waals surface area contributed by atoms with Crippen LogP contribution in [0, 0.1) is 26.6 Å². The number of hydrogen-bond donors (Lipinski definition) is 0. The summed E-state index contributed by atoms with van der Waals surface area (Å²) in [6.45, 7) is 6.27. The highest BCUT2D eigenvalue weighted by molar-refractivity contribution is 5.67. The lowest BCUT2D eigenvalue weighted by Gasteiger charge is -2.07. The summed E-state index contributed by atoms with van der Waals surface area (Å²) < 4.78 is 14.9. The van der Waals surface area contributed by atoms with Crippen LogP contribution in [0.3, 0.4) is 0 Å². The van der Waals surface area contributed by atoms with Gasteiger partial charge in [-0.15, -0.1) is 0 Å². The molecule has 0 spiro atoms. The van der Waals surface area contributed by atoms with Crippen molar-refractivity contribution in [3.8, 4) is 11.3 Å². The van der Waals surface area contributed by atoms with Gasteiger partial charge in [-0.1, -0.05) is 6.07 Å². The van der Waals surface area contributed by atoms with E-state index in [0.29, 0.717) is 0 Å². The molecule has 0 bridgehead atoms. The van der Waals surface area contributed by atoms with E-state index in [1.807, 2.05) is 6.20 Å². The Morgan fingerprint density at radius 1 is 0.947 bits per heavy atom. The fourth-order valence-corrected chi connectivity index (χ4v) is 2.33. The number of nitrogens with zero attached hydrogens (tertiary/aromatic N) is 2. The molecule has 0 unspecified atom stereocenters. The second-order valence-electron chi connectivity index (χ2n) is 4.99. The van der Waals surface area contributed by atoms with Crippen molar-refractivity contribution in [2.45, 2.75) is 20.8 Å². The molecule has 0 atom stereocenters. The minimum absolute atomic E-state index is 0.256. The summed E-state index contributed by atoms with van der Waals surface area (Å²) in [5, 5.41) is 0. The number of aromatic nitrogens is 2. The van der Waals surface area contributed by atoms with Crippen LogP contribution in [0.4, 0.5) is 4.39 Å². The first-order valence-electron chi connectivity index (χ1n) is 6.27. The molecular formula is C16H15FN2. The van der Waals surface area contributed by atoms with E-state index in [4.69, 9.17) is 0 Å². The van der Waals surface area contributed by atoms with E-state index in [1.165, 1.54) is 29.0 Å². The van der Waals surface area contributed by atoms with Crippen molar-refractivity contribution in [2.24, 2.45) is 0 Å². The Labute approximate surface area is 111 Å². The molecule has 0 saturated carbocycles. The van der Waals surface area contributed by atoms with E-state index in [1.54, 1.807) is 10.5 Å². The summed E-state index contributed by atoms with van der Waals surface area (Å²) in [6.07, 6.45) is 3.32. The quantitative estimate of drug-likeness (QED) is 0.640. The number of benzene rings is 1. The predicted octanol–water partition coefficient (Wildman–Crippen LogP) is 4.07. The molecule has 3 rings (SSSR count). The van der Waals surface area contributed by atoms with Crippen molar-refractivity contribution >= 4 is 5.65 Å². The molecule has 0 aliphatic carbocycles. The Balaban J connectivity index is 2.21. The van der Waals surface area contributed by atoms with Gasteiger partial charge in [0.15, 0.2) is 0 Å². The minimum Gasteiger partial charge on any atom is -0.304 e. The minimum atomic E-state index is -0.256. The van der Waals surface area contributed by atoms with Crippen molar-refractivity contribution in [1.29, 1.82) is 0 Å². The van der Waals surface area contributed by atoms with Gasteiger partial charge in [0.05, 0.1) is 5.69 Å². The Morgan fingerprint density at radius 2 is 1.68 bits per heavy atom. The van der Waals surface area contributed by atoms with E-state index in [0.717, 1.165) is 16.9 Å². The number of imidazole rings is 1. The number of fused-ring (bicyclic) bond motifs is 1. The molecule has 3 heteroatoms. The van der Waals surface area contributed by atoms with Gasteiger partial charge in [-0.3, -0.25) is 0 Å². The second kappa shape index (κ2) is 4.19. The van der Waals surface area contributed by atoms with E-state index in [9.17, 15) is 4.39 Å². The first kappa shape index (κ1) is 11.9. The average molecular weight is 254 g/mol. The largest absolute Gasteiger partial charge is 0.304 e. The van der Waals surface area contributed by atoms with Crippen LogP contribution in [-0.2, 0) is 0 Å². The van der Waals surface area contributed by atoms with Crippen LogP contribution in [0.15, 0.2) is 36.7 Å². The lowest BCUT2D eigenvalue weighted by molar-refractivity contribution is 0.619. The van der Waals surface area contributed by atoms with Crippen LogP contribution in [0.25, 0.3) is 16.9 Å². The highest BCUT2D eigenvalue weighted by Crippen LogP contribution is 2.26. The van der Waals surface area contributed by atoms with Crippen molar-refractivity contribution < 1.29 is 4.39 Å².